The summed E-state index contributed by atoms with van der Waals surface area (Å²) in [5.41, 5.74) is 0. The van der Waals surface area contributed by atoms with Crippen LogP contribution in [0, 0.1) is 0 Å². The van der Waals surface area contributed by atoms with Gasteiger partial charge in [0, 0.05) is 14.9 Å². The summed E-state index contributed by atoms with van der Waals surface area (Å²) in [6, 6.07) is 2.70. The normalized spacial score (nSPS) is 15.9. The fourth-order valence-electron chi connectivity index (χ4n) is 0.485. The molecule has 0 aromatic carbocycles. The van der Waals surface area contributed by atoms with Gasteiger partial charge in [0.1, 0.15) is 0 Å². The lowest BCUT2D eigenvalue weighted by Crippen LogP contribution is -1.95. The van der Waals surface area contributed by atoms with Crippen molar-refractivity contribution in [2.45, 2.75) is 31.3 Å². The third-order valence-corrected chi connectivity index (χ3v) is 3.52. The highest BCUT2D eigenvalue weighted by Gasteiger charge is 1.91. The van der Waals surface area contributed by atoms with Crippen molar-refractivity contribution < 1.29 is 0 Å². The van der Waals surface area contributed by atoms with Crippen LogP contribution in [0.4, 0.5) is 0 Å². The van der Waals surface area contributed by atoms with Crippen LogP contribution in [0.1, 0.15) is 13.8 Å². The molecule has 0 fully saturated rings. The Kier molecular flexibility index (Phi) is 5.00. The predicted octanol–water partition coefficient (Wildman–Crippen LogP) is 1.64. The molecular formula is C5H13ClSi. The van der Waals surface area contributed by atoms with Gasteiger partial charge >= 0.3 is 0 Å². The van der Waals surface area contributed by atoms with E-state index in [2.05, 4.69) is 13.8 Å². The Bertz CT molecular complexity index is 37.1. The lowest BCUT2D eigenvalue weighted by molar-refractivity contribution is 1.08. The first-order chi connectivity index (χ1) is 3.27. The van der Waals surface area contributed by atoms with Crippen molar-refractivity contribution in [3.8, 4) is 0 Å². The summed E-state index contributed by atoms with van der Waals surface area (Å²) in [5.74, 6) is 0. The van der Waals surface area contributed by atoms with Gasteiger partial charge in [0.2, 0.25) is 0 Å². The van der Waals surface area contributed by atoms with Crippen LogP contribution in [0.5, 0.6) is 0 Å². The number of rotatable bonds is 3. The van der Waals surface area contributed by atoms with Crippen LogP contribution in [0.15, 0.2) is 0 Å². The standard InChI is InChI=1S/C5H13ClSi/c1-3-7-4-5(2)6/h5H,3-4,7H2,1-2H3. The van der Waals surface area contributed by atoms with Crippen molar-refractivity contribution in [1.29, 1.82) is 0 Å². The maximum absolute atomic E-state index is 5.69. The maximum atomic E-state index is 5.69. The molecule has 0 nitrogen and oxygen atoms in total. The van der Waals surface area contributed by atoms with E-state index < -0.39 is 0 Å². The van der Waals surface area contributed by atoms with Crippen molar-refractivity contribution in [2.24, 2.45) is 0 Å². The second-order valence-corrected chi connectivity index (χ2v) is 4.95. The van der Waals surface area contributed by atoms with Crippen LogP contribution < -0.4 is 0 Å². The molecule has 7 heavy (non-hydrogen) atoms. The van der Waals surface area contributed by atoms with E-state index in [0.29, 0.717) is 5.38 Å². The molecule has 0 aliphatic carbocycles. The van der Waals surface area contributed by atoms with Crippen LogP contribution in [0.2, 0.25) is 12.1 Å². The summed E-state index contributed by atoms with van der Waals surface area (Å²) in [5, 5.41) is 0.437. The number of hydrogen-bond donors (Lipinski definition) is 0. The third kappa shape index (κ3) is 6.51. The van der Waals surface area contributed by atoms with Gasteiger partial charge in [0.25, 0.3) is 0 Å². The first-order valence-electron chi connectivity index (χ1n) is 2.91. The highest BCUT2D eigenvalue weighted by Crippen LogP contribution is 1.99. The summed E-state index contributed by atoms with van der Waals surface area (Å²) in [6.45, 7) is 4.32. The zero-order valence-corrected chi connectivity index (χ0v) is 7.25. The maximum Gasteiger partial charge on any atom is 0.0279 e. The van der Waals surface area contributed by atoms with Crippen molar-refractivity contribution >= 4 is 21.1 Å². The molecule has 0 heterocycles. The minimum absolute atomic E-state index is 0.242. The van der Waals surface area contributed by atoms with E-state index in [0.717, 1.165) is 0 Å². The lowest BCUT2D eigenvalue weighted by atomic mass is 10.6. The second kappa shape index (κ2) is 4.66. The first-order valence-corrected chi connectivity index (χ1v) is 5.35. The van der Waals surface area contributed by atoms with Gasteiger partial charge in [-0.05, 0) is 13.0 Å². The van der Waals surface area contributed by atoms with Gasteiger partial charge in [-0.25, -0.2) is 0 Å². The average Bonchev–Trinajstić information content (AvgIpc) is 1.61. The Morgan fingerprint density at radius 2 is 2.29 bits per heavy atom. The molecule has 0 saturated heterocycles. The Hall–Kier alpha value is 0.507. The van der Waals surface area contributed by atoms with Crippen molar-refractivity contribution in [3.05, 3.63) is 0 Å². The summed E-state index contributed by atoms with van der Waals surface area (Å²) < 4.78 is 0. The van der Waals surface area contributed by atoms with Gasteiger partial charge in [-0.15, -0.1) is 11.6 Å². The minimum Gasteiger partial charge on any atom is -0.124 e. The molecule has 0 radical (unpaired) electrons. The van der Waals surface area contributed by atoms with Crippen molar-refractivity contribution in [3.63, 3.8) is 0 Å². The molecule has 0 aliphatic rings. The molecular weight excluding hydrogens is 124 g/mol. The smallest absolute Gasteiger partial charge is 0.0279 e. The van der Waals surface area contributed by atoms with Gasteiger partial charge in [-0.3, -0.25) is 0 Å². The van der Waals surface area contributed by atoms with Gasteiger partial charge in [0.05, 0.1) is 0 Å². The zero-order chi connectivity index (χ0) is 5.70. The monoisotopic (exact) mass is 136 g/mol. The molecule has 0 N–H and O–H groups in total. The van der Waals surface area contributed by atoms with Crippen molar-refractivity contribution in [2.75, 3.05) is 0 Å². The predicted molar refractivity (Wildman–Crippen MR) is 39.1 cm³/mol. The van der Waals surface area contributed by atoms with Gasteiger partial charge in [0.15, 0.2) is 0 Å². The molecule has 1 atom stereocenters. The van der Waals surface area contributed by atoms with E-state index in [1.165, 1.54) is 12.1 Å². The van der Waals surface area contributed by atoms with Gasteiger partial charge in [-0.2, -0.15) is 0 Å². The van der Waals surface area contributed by atoms with Gasteiger partial charge < -0.3 is 0 Å². The summed E-state index contributed by atoms with van der Waals surface area (Å²) in [4.78, 5) is 0. The quantitative estimate of drug-likeness (QED) is 0.409. The molecule has 0 rings (SSSR count). The van der Waals surface area contributed by atoms with E-state index in [1.807, 2.05) is 0 Å². The third-order valence-electron chi connectivity index (χ3n) is 0.955. The summed E-state index contributed by atoms with van der Waals surface area (Å²) in [6.07, 6.45) is 0. The molecule has 2 heteroatoms. The number of halogens is 1. The zero-order valence-electron chi connectivity index (χ0n) is 5.08. The molecule has 0 aliphatic heterocycles. The van der Waals surface area contributed by atoms with E-state index in [9.17, 15) is 0 Å². The number of hydrogen-bond acceptors (Lipinski definition) is 0. The number of alkyl halides is 1. The van der Waals surface area contributed by atoms with Gasteiger partial charge in [-0.1, -0.05) is 13.0 Å². The second-order valence-electron chi connectivity index (χ2n) is 1.92. The van der Waals surface area contributed by atoms with E-state index in [1.54, 1.807) is 0 Å². The van der Waals surface area contributed by atoms with Crippen LogP contribution in [0.25, 0.3) is 0 Å². The Morgan fingerprint density at radius 3 is 2.43 bits per heavy atom. The van der Waals surface area contributed by atoms with E-state index in [4.69, 9.17) is 11.6 Å². The topological polar surface area (TPSA) is 0 Å². The summed E-state index contributed by atoms with van der Waals surface area (Å²) >= 11 is 5.69. The largest absolute Gasteiger partial charge is 0.124 e. The molecule has 0 aromatic rings. The molecule has 0 amide bonds. The van der Waals surface area contributed by atoms with Crippen LogP contribution in [-0.4, -0.2) is 14.9 Å². The van der Waals surface area contributed by atoms with Crippen LogP contribution in [-0.2, 0) is 0 Å². The Balaban J connectivity index is 2.68. The molecule has 1 unspecified atom stereocenters. The molecule has 0 spiro atoms. The summed E-state index contributed by atoms with van der Waals surface area (Å²) in [7, 11) is 0.242. The molecule has 0 aromatic heterocycles. The highest BCUT2D eigenvalue weighted by atomic mass is 35.5. The van der Waals surface area contributed by atoms with E-state index in [-0.39, 0.29) is 9.52 Å². The average molecular weight is 137 g/mol. The lowest BCUT2D eigenvalue weighted by Gasteiger charge is -1.95. The minimum atomic E-state index is 0.242. The molecule has 0 bridgehead atoms. The fraction of sp³-hybridized carbons (Fsp3) is 1.00. The fourth-order valence-corrected chi connectivity index (χ4v) is 1.92. The van der Waals surface area contributed by atoms with Crippen molar-refractivity contribution in [1.82, 2.24) is 0 Å². The highest BCUT2D eigenvalue weighted by molar-refractivity contribution is 6.38. The Labute approximate surface area is 53.1 Å². The molecule has 0 saturated carbocycles. The molecule has 44 valence electrons. The SMILES string of the molecule is CC[SiH2]CC(C)Cl. The first kappa shape index (κ1) is 7.51. The van der Waals surface area contributed by atoms with Crippen LogP contribution in [0.3, 0.4) is 0 Å². The van der Waals surface area contributed by atoms with Crippen LogP contribution >= 0.6 is 11.6 Å². The van der Waals surface area contributed by atoms with E-state index >= 15 is 0 Å². The Morgan fingerprint density at radius 1 is 1.71 bits per heavy atom.